The fourth-order valence-electron chi connectivity index (χ4n) is 3.39. The zero-order valence-electron chi connectivity index (χ0n) is 20.2. The number of hydrogen-bond donors (Lipinski definition) is 0. The quantitative estimate of drug-likeness (QED) is 0.188. The molecule has 2 radical (unpaired) electrons. The molecule has 0 saturated heterocycles. The highest BCUT2D eigenvalue weighted by molar-refractivity contribution is 6.76. The van der Waals surface area contributed by atoms with E-state index in [1.54, 1.807) is 0 Å². The van der Waals surface area contributed by atoms with E-state index in [2.05, 4.69) is 48.5 Å². The standard InChI is InChI=1S/C23H48O3Si2/c1-9-11-13-15-17-28(20(3)4,18-16-14-12-10-2)25-22(24)21(5)19-27-26-23(6,7)8/h20-21H,9-19H2,1-8H3. The maximum atomic E-state index is 13.0. The van der Waals surface area contributed by atoms with Crippen LogP contribution in [0, 0.1) is 5.92 Å². The van der Waals surface area contributed by atoms with Crippen LogP contribution in [-0.4, -0.2) is 29.7 Å². The predicted molar refractivity (Wildman–Crippen MR) is 125 cm³/mol. The molecule has 0 N–H and O–H groups in total. The van der Waals surface area contributed by atoms with E-state index < -0.39 is 8.32 Å². The molecular weight excluding hydrogens is 380 g/mol. The summed E-state index contributed by atoms with van der Waals surface area (Å²) in [6, 6.07) is 3.04. The number of hydrogen-bond acceptors (Lipinski definition) is 3. The highest BCUT2D eigenvalue weighted by Gasteiger charge is 2.41. The lowest BCUT2D eigenvalue weighted by Crippen LogP contribution is -2.44. The molecule has 0 aromatic rings. The van der Waals surface area contributed by atoms with Crippen LogP contribution in [0.5, 0.6) is 0 Å². The van der Waals surface area contributed by atoms with Crippen molar-refractivity contribution in [2.45, 2.75) is 136 Å². The monoisotopic (exact) mass is 428 g/mol. The molecule has 0 bridgehead atoms. The highest BCUT2D eigenvalue weighted by Crippen LogP contribution is 2.35. The number of carbonyl (C=O) groups is 1. The predicted octanol–water partition coefficient (Wildman–Crippen LogP) is 7.53. The molecule has 0 spiro atoms. The first-order valence-corrected chi connectivity index (χ1v) is 15.2. The first-order valence-electron chi connectivity index (χ1n) is 11.7. The van der Waals surface area contributed by atoms with Crippen LogP contribution in [0.1, 0.15) is 107 Å². The first kappa shape index (κ1) is 27.9. The molecule has 5 heteroatoms. The molecule has 0 aliphatic carbocycles. The average molecular weight is 429 g/mol. The first-order chi connectivity index (χ1) is 13.1. The van der Waals surface area contributed by atoms with Crippen molar-refractivity contribution < 1.29 is 13.6 Å². The Morgan fingerprint density at radius 2 is 1.39 bits per heavy atom. The van der Waals surface area contributed by atoms with Crippen LogP contribution in [0.4, 0.5) is 0 Å². The molecule has 1 unspecified atom stereocenters. The van der Waals surface area contributed by atoms with Gasteiger partial charge < -0.3 is 8.85 Å². The van der Waals surface area contributed by atoms with Gasteiger partial charge in [0.2, 0.25) is 9.76 Å². The van der Waals surface area contributed by atoms with E-state index >= 15 is 0 Å². The van der Waals surface area contributed by atoms with Crippen molar-refractivity contribution in [1.82, 2.24) is 0 Å². The molecule has 0 saturated carbocycles. The van der Waals surface area contributed by atoms with Crippen molar-refractivity contribution >= 4 is 24.0 Å². The van der Waals surface area contributed by atoms with Gasteiger partial charge in [0.25, 0.3) is 14.3 Å². The molecule has 3 nitrogen and oxygen atoms in total. The Balaban J connectivity index is 4.94. The summed E-state index contributed by atoms with van der Waals surface area (Å²) in [7, 11) is -1.71. The largest absolute Gasteiger partial charge is 0.519 e. The Morgan fingerprint density at radius 3 is 1.79 bits per heavy atom. The lowest BCUT2D eigenvalue weighted by Gasteiger charge is -2.36. The maximum absolute atomic E-state index is 13.0. The smallest absolute Gasteiger partial charge is 0.295 e. The zero-order chi connectivity index (χ0) is 21.6. The van der Waals surface area contributed by atoms with E-state index in [0.29, 0.717) is 15.3 Å². The van der Waals surface area contributed by atoms with Gasteiger partial charge >= 0.3 is 0 Å². The van der Waals surface area contributed by atoms with Crippen LogP contribution in [0.15, 0.2) is 0 Å². The molecule has 0 amide bonds. The lowest BCUT2D eigenvalue weighted by atomic mass is 10.2. The number of unbranched alkanes of at least 4 members (excludes halogenated alkanes) is 6. The van der Waals surface area contributed by atoms with E-state index in [4.69, 9.17) is 8.85 Å². The number of rotatable bonds is 16. The molecule has 0 aliphatic heterocycles. The lowest BCUT2D eigenvalue weighted by molar-refractivity contribution is -0.139. The van der Waals surface area contributed by atoms with Crippen molar-refractivity contribution in [3.05, 3.63) is 0 Å². The van der Waals surface area contributed by atoms with Gasteiger partial charge in [-0.05, 0) is 44.4 Å². The van der Waals surface area contributed by atoms with Crippen molar-refractivity contribution in [3.63, 3.8) is 0 Å². The van der Waals surface area contributed by atoms with Crippen LogP contribution in [0.3, 0.4) is 0 Å². The molecule has 0 aromatic heterocycles. The molecule has 166 valence electrons. The Labute approximate surface area is 179 Å². The van der Waals surface area contributed by atoms with E-state index in [0.717, 1.165) is 18.1 Å². The topological polar surface area (TPSA) is 35.5 Å². The van der Waals surface area contributed by atoms with E-state index in [9.17, 15) is 4.79 Å². The summed E-state index contributed by atoms with van der Waals surface area (Å²) < 4.78 is 12.3. The Bertz CT molecular complexity index is 393. The van der Waals surface area contributed by atoms with Gasteiger partial charge in [-0.2, -0.15) is 0 Å². The summed E-state index contributed by atoms with van der Waals surface area (Å²) in [4.78, 5) is 13.0. The normalized spacial score (nSPS) is 13.8. The highest BCUT2D eigenvalue weighted by atomic mass is 28.4. The Hall–Kier alpha value is -0.136. The molecule has 0 aromatic carbocycles. The van der Waals surface area contributed by atoms with Crippen LogP contribution in [0.25, 0.3) is 0 Å². The summed E-state index contributed by atoms with van der Waals surface area (Å²) in [5, 5.41) is 0. The third-order valence-electron chi connectivity index (χ3n) is 5.43. The van der Waals surface area contributed by atoms with Crippen molar-refractivity contribution in [2.24, 2.45) is 5.92 Å². The maximum Gasteiger partial charge on any atom is 0.295 e. The molecule has 1 atom stereocenters. The Morgan fingerprint density at radius 1 is 0.893 bits per heavy atom. The number of carbonyl (C=O) groups excluding carboxylic acids is 1. The van der Waals surface area contributed by atoms with Crippen molar-refractivity contribution in [1.29, 1.82) is 0 Å². The van der Waals surface area contributed by atoms with Gasteiger partial charge in [0.15, 0.2) is 0 Å². The van der Waals surface area contributed by atoms with Crippen molar-refractivity contribution in [3.8, 4) is 0 Å². The molecular formula is C23H48O3Si2. The zero-order valence-corrected chi connectivity index (χ0v) is 22.2. The van der Waals surface area contributed by atoms with Gasteiger partial charge in [-0.25, -0.2) is 0 Å². The summed E-state index contributed by atoms with van der Waals surface area (Å²) in [6.07, 6.45) is 10.0. The van der Waals surface area contributed by atoms with Crippen molar-refractivity contribution in [2.75, 3.05) is 0 Å². The van der Waals surface area contributed by atoms with Crippen LogP contribution in [0.2, 0.25) is 23.7 Å². The second kappa shape index (κ2) is 14.8. The van der Waals surface area contributed by atoms with Crippen LogP contribution < -0.4 is 0 Å². The molecule has 0 fully saturated rings. The minimum Gasteiger partial charge on any atom is -0.519 e. The van der Waals surface area contributed by atoms with Gasteiger partial charge in [-0.1, -0.05) is 86.0 Å². The average Bonchev–Trinajstić information content (AvgIpc) is 2.60. The van der Waals surface area contributed by atoms with Crippen LogP contribution >= 0.6 is 0 Å². The van der Waals surface area contributed by atoms with Gasteiger partial charge in [-0.15, -0.1) is 0 Å². The second-order valence-corrected chi connectivity index (χ2v) is 15.1. The minimum atomic E-state index is -2.06. The minimum absolute atomic E-state index is 0.0244. The van der Waals surface area contributed by atoms with Crippen LogP contribution in [-0.2, 0) is 13.6 Å². The van der Waals surface area contributed by atoms with Gasteiger partial charge in [-0.3, -0.25) is 4.79 Å². The van der Waals surface area contributed by atoms with Gasteiger partial charge in [0, 0.05) is 5.60 Å². The third-order valence-corrected chi connectivity index (χ3v) is 12.1. The molecule has 0 heterocycles. The summed E-state index contributed by atoms with van der Waals surface area (Å²) >= 11 is 0. The molecule has 0 rings (SSSR count). The van der Waals surface area contributed by atoms with E-state index in [1.165, 1.54) is 51.4 Å². The third kappa shape index (κ3) is 12.4. The van der Waals surface area contributed by atoms with Gasteiger partial charge in [0.1, 0.15) is 0 Å². The summed E-state index contributed by atoms with van der Waals surface area (Å²) in [5.41, 5.74) is 0.344. The van der Waals surface area contributed by atoms with E-state index in [-0.39, 0.29) is 17.5 Å². The summed E-state index contributed by atoms with van der Waals surface area (Å²) in [5.74, 6) is -0.0473. The molecule has 0 aliphatic rings. The van der Waals surface area contributed by atoms with E-state index in [1.807, 2.05) is 6.92 Å². The Kier molecular flexibility index (Phi) is 14.7. The second-order valence-electron chi connectivity index (χ2n) is 9.73. The fourth-order valence-corrected chi connectivity index (χ4v) is 8.47. The summed E-state index contributed by atoms with van der Waals surface area (Å²) in [6.45, 7) is 17.3. The SMILES string of the molecule is CCCCCC[Si](CCCCCC)(OC(=O)C(C)C[Si]OC(C)(C)C)C(C)C. The molecule has 28 heavy (non-hydrogen) atoms. The fraction of sp³-hybridized carbons (Fsp3) is 0.957. The van der Waals surface area contributed by atoms with Gasteiger partial charge in [0.05, 0.1) is 5.92 Å².